The Balaban J connectivity index is 2.31. The number of benzene rings is 1. The molecule has 1 aromatic rings. The minimum atomic E-state index is -1.63. The number of aliphatic imine (C=N–C) groups is 1. The average molecular weight is 921 g/mol. The van der Waals surface area contributed by atoms with Gasteiger partial charge in [0.1, 0.15) is 48.0 Å². The second-order valence-corrected chi connectivity index (χ2v) is 16.3. The van der Waals surface area contributed by atoms with E-state index in [4.69, 9.17) is 22.9 Å². The number of aliphatic carboxylic acids is 1. The number of phenols is 1. The fourth-order valence-corrected chi connectivity index (χ4v) is 6.80. The van der Waals surface area contributed by atoms with Crippen LogP contribution in [0.1, 0.15) is 77.7 Å². The molecule has 0 aliphatic carbocycles. The lowest BCUT2D eigenvalue weighted by Crippen LogP contribution is -2.60. The lowest BCUT2D eigenvalue weighted by molar-refractivity contribution is -0.143. The molecule has 0 unspecified atom stereocenters. The van der Waals surface area contributed by atoms with Gasteiger partial charge in [0.15, 0.2) is 5.96 Å². The van der Waals surface area contributed by atoms with Gasteiger partial charge < -0.3 is 80.2 Å². The highest BCUT2D eigenvalue weighted by atomic mass is 16.4. The standard InChI is InChI=1S/C41H68N12O12/c1-22(2)18-29(40(64)65)51-37(61)30(21-54)52-36(60)28(19-24-11-13-25(56)14-12-24)50-35(59)27(9-6-16-46-41(44)45)48-38(62)31-10-7-17-53(31)32(57)20-47-34(58)26(8-4-5-15-42)49-39(63)33(43)23(3)55/h11-14,22-23,26-31,33,54-56H,4-10,15-21,42-43H2,1-3H3,(H,47,58)(H,48,62)(H,49,63)(H,50,59)(H,51,61)(H,52,60)(H,64,65)(H4,44,45,46)/t23-,26+,27+,28+,29+,30+,31+,33+/m1/s1. The number of aliphatic hydroxyl groups excluding tert-OH is 2. The number of hydrogen-bond donors (Lipinski definition) is 14. The zero-order chi connectivity index (χ0) is 48.8. The van der Waals surface area contributed by atoms with Gasteiger partial charge >= 0.3 is 5.97 Å². The molecular formula is C41H68N12O12. The second-order valence-electron chi connectivity index (χ2n) is 16.3. The Morgan fingerprint density at radius 3 is 1.94 bits per heavy atom. The van der Waals surface area contributed by atoms with Crippen molar-refractivity contribution < 1.29 is 58.8 Å². The van der Waals surface area contributed by atoms with Gasteiger partial charge in [0.05, 0.1) is 19.3 Å². The molecule has 1 aliphatic heterocycles. The van der Waals surface area contributed by atoms with Crippen LogP contribution in [0.2, 0.25) is 0 Å². The molecule has 0 saturated carbocycles. The van der Waals surface area contributed by atoms with Gasteiger partial charge in [-0.3, -0.25) is 38.6 Å². The third kappa shape index (κ3) is 19.3. The van der Waals surface area contributed by atoms with Gasteiger partial charge in [-0.05, 0) is 88.4 Å². The number of carbonyl (C=O) groups excluding carboxylic acids is 7. The van der Waals surface area contributed by atoms with Crippen LogP contribution in [0.15, 0.2) is 29.3 Å². The fraction of sp³-hybridized carbons (Fsp3) is 0.634. The summed E-state index contributed by atoms with van der Waals surface area (Å²) in [6.07, 6.45) is 0.500. The van der Waals surface area contributed by atoms with Gasteiger partial charge in [-0.1, -0.05) is 26.0 Å². The summed E-state index contributed by atoms with van der Waals surface area (Å²) in [4.78, 5) is 111. The molecule has 2 rings (SSSR count). The molecule has 1 aromatic carbocycles. The number of carboxylic acid groups (broad SMARTS) is 1. The van der Waals surface area contributed by atoms with E-state index in [1.807, 2.05) is 0 Å². The number of carbonyl (C=O) groups is 8. The SMILES string of the molecule is CC(C)C[C@H](NC(=O)[C@H](CO)NC(=O)[C@H](Cc1ccc(O)cc1)NC(=O)[C@H](CCCN=C(N)N)NC(=O)[C@@H]1CCCN1C(=O)CNC(=O)[C@H](CCCCN)NC(=O)[C@@H](N)[C@@H](C)O)C(=O)O. The van der Waals surface area contributed by atoms with Gasteiger partial charge in [0, 0.05) is 19.5 Å². The molecule has 8 atom stereocenters. The monoisotopic (exact) mass is 921 g/mol. The number of nitrogens with two attached hydrogens (primary N) is 4. The number of hydrogen-bond acceptors (Lipinski definition) is 14. The van der Waals surface area contributed by atoms with Crippen LogP contribution in [0.3, 0.4) is 0 Å². The zero-order valence-electron chi connectivity index (χ0n) is 37.2. The number of rotatable bonds is 28. The topological polar surface area (TPSA) is 409 Å². The van der Waals surface area contributed by atoms with Crippen molar-refractivity contribution in [3.8, 4) is 5.75 Å². The van der Waals surface area contributed by atoms with E-state index >= 15 is 0 Å². The molecule has 0 spiro atoms. The summed E-state index contributed by atoms with van der Waals surface area (Å²) in [6.45, 7) is 3.86. The van der Waals surface area contributed by atoms with Crippen LogP contribution in [0.4, 0.5) is 0 Å². The predicted octanol–water partition coefficient (Wildman–Crippen LogP) is -4.52. The molecular weight excluding hydrogens is 853 g/mol. The van der Waals surface area contributed by atoms with Crippen LogP contribution in [0, 0.1) is 5.92 Å². The highest BCUT2D eigenvalue weighted by molar-refractivity contribution is 5.97. The van der Waals surface area contributed by atoms with E-state index in [0.29, 0.717) is 31.4 Å². The van der Waals surface area contributed by atoms with E-state index in [-0.39, 0.29) is 69.2 Å². The quantitative estimate of drug-likeness (QED) is 0.0214. The summed E-state index contributed by atoms with van der Waals surface area (Å²) in [5.41, 5.74) is 22.7. The molecule has 1 saturated heterocycles. The molecule has 18 N–H and O–H groups in total. The maximum absolute atomic E-state index is 14.1. The van der Waals surface area contributed by atoms with Gasteiger partial charge in [-0.15, -0.1) is 0 Å². The number of aliphatic hydroxyl groups is 2. The number of phenolic OH excluding ortho intramolecular Hbond substituents is 1. The Kier molecular flexibility index (Phi) is 23.7. The molecule has 1 aliphatic rings. The van der Waals surface area contributed by atoms with Crippen molar-refractivity contribution in [1.82, 2.24) is 36.8 Å². The highest BCUT2D eigenvalue weighted by Crippen LogP contribution is 2.19. The molecule has 364 valence electrons. The van der Waals surface area contributed by atoms with Crippen LogP contribution in [0.25, 0.3) is 0 Å². The highest BCUT2D eigenvalue weighted by Gasteiger charge is 2.37. The Morgan fingerprint density at radius 1 is 0.785 bits per heavy atom. The minimum absolute atomic E-state index is 0.0488. The maximum Gasteiger partial charge on any atom is 0.326 e. The summed E-state index contributed by atoms with van der Waals surface area (Å²) >= 11 is 0. The molecule has 1 fully saturated rings. The molecule has 24 nitrogen and oxygen atoms in total. The summed E-state index contributed by atoms with van der Waals surface area (Å²) in [6, 6.07) is -3.60. The third-order valence-electron chi connectivity index (χ3n) is 10.4. The smallest absolute Gasteiger partial charge is 0.326 e. The van der Waals surface area contributed by atoms with Crippen molar-refractivity contribution in [1.29, 1.82) is 0 Å². The van der Waals surface area contributed by atoms with Crippen LogP contribution in [-0.2, 0) is 44.8 Å². The van der Waals surface area contributed by atoms with Crippen LogP contribution < -0.4 is 54.8 Å². The molecule has 7 amide bonds. The first-order valence-electron chi connectivity index (χ1n) is 21.6. The number of nitrogens with one attached hydrogen (secondary N) is 6. The molecule has 0 aromatic heterocycles. The van der Waals surface area contributed by atoms with E-state index in [9.17, 15) is 58.8 Å². The number of unbranched alkanes of at least 4 members (excludes halogenated alkanes) is 1. The van der Waals surface area contributed by atoms with Crippen molar-refractivity contribution in [3.63, 3.8) is 0 Å². The number of aromatic hydroxyl groups is 1. The average Bonchev–Trinajstić information content (AvgIpc) is 3.75. The molecule has 1 heterocycles. The third-order valence-corrected chi connectivity index (χ3v) is 10.4. The summed E-state index contributed by atoms with van der Waals surface area (Å²) < 4.78 is 0. The predicted molar refractivity (Wildman–Crippen MR) is 236 cm³/mol. The first-order valence-corrected chi connectivity index (χ1v) is 21.6. The van der Waals surface area contributed by atoms with Crippen molar-refractivity contribution >= 4 is 53.3 Å². The number of likely N-dealkylation sites (tertiary alicyclic amines) is 1. The minimum Gasteiger partial charge on any atom is -0.508 e. The number of nitrogens with zero attached hydrogens (tertiary/aromatic N) is 2. The number of carboxylic acids is 1. The van der Waals surface area contributed by atoms with Gasteiger partial charge in [0.2, 0.25) is 41.4 Å². The number of guanidine groups is 1. The van der Waals surface area contributed by atoms with E-state index < -0.39 is 109 Å². The van der Waals surface area contributed by atoms with Crippen molar-refractivity contribution in [3.05, 3.63) is 29.8 Å². The largest absolute Gasteiger partial charge is 0.508 e. The second kappa shape index (κ2) is 27.9. The Labute approximate surface area is 377 Å². The van der Waals surface area contributed by atoms with E-state index in [1.165, 1.54) is 36.1 Å². The van der Waals surface area contributed by atoms with Gasteiger partial charge in [-0.2, -0.15) is 0 Å². The van der Waals surface area contributed by atoms with Crippen molar-refractivity contribution in [2.75, 3.05) is 32.8 Å². The lowest BCUT2D eigenvalue weighted by Gasteiger charge is -2.28. The van der Waals surface area contributed by atoms with Crippen LogP contribution in [-0.4, -0.2) is 160 Å². The first kappa shape index (κ1) is 55.0. The zero-order valence-corrected chi connectivity index (χ0v) is 37.2. The Bertz CT molecular complexity index is 1790. The molecule has 0 radical (unpaired) electrons. The summed E-state index contributed by atoms with van der Waals surface area (Å²) in [5.74, 6) is -7.40. The first-order chi connectivity index (χ1) is 30.7. The lowest BCUT2D eigenvalue weighted by atomic mass is 10.0. The summed E-state index contributed by atoms with van der Waals surface area (Å²) in [7, 11) is 0. The van der Waals surface area contributed by atoms with Gasteiger partial charge in [0.25, 0.3) is 0 Å². The van der Waals surface area contributed by atoms with E-state index in [0.717, 1.165) is 0 Å². The molecule has 0 bridgehead atoms. The van der Waals surface area contributed by atoms with Crippen LogP contribution >= 0.6 is 0 Å². The van der Waals surface area contributed by atoms with E-state index in [2.05, 4.69) is 36.9 Å². The normalized spacial score (nSPS) is 16.7. The summed E-state index contributed by atoms with van der Waals surface area (Å²) in [5, 5.41) is 54.2. The van der Waals surface area contributed by atoms with Crippen LogP contribution in [0.5, 0.6) is 5.75 Å². The van der Waals surface area contributed by atoms with Crippen molar-refractivity contribution in [2.45, 2.75) is 127 Å². The molecule has 65 heavy (non-hydrogen) atoms. The van der Waals surface area contributed by atoms with Gasteiger partial charge in [-0.25, -0.2) is 4.79 Å². The molecule has 24 heteroatoms. The van der Waals surface area contributed by atoms with E-state index in [1.54, 1.807) is 13.8 Å². The Morgan fingerprint density at radius 2 is 1.35 bits per heavy atom. The van der Waals surface area contributed by atoms with Crippen molar-refractivity contribution in [2.24, 2.45) is 33.8 Å². The maximum atomic E-state index is 14.1. The fourth-order valence-electron chi connectivity index (χ4n) is 6.80. The Hall–Kier alpha value is -6.11. The number of amides is 7.